The minimum Gasteiger partial charge on any atom is -0.395 e. The fourth-order valence-corrected chi connectivity index (χ4v) is 4.88. The molecule has 0 aromatic heterocycles. The van der Waals surface area contributed by atoms with Gasteiger partial charge in [-0.1, -0.05) is 91.9 Å². The Balaban J connectivity index is 1.39. The van der Waals surface area contributed by atoms with Gasteiger partial charge in [0.05, 0.1) is 24.1 Å². The van der Waals surface area contributed by atoms with Gasteiger partial charge in [0.2, 0.25) is 11.8 Å². The van der Waals surface area contributed by atoms with Crippen LogP contribution in [0, 0.1) is 5.92 Å². The topological polar surface area (TPSA) is 82.4 Å². The SMILES string of the molecule is CO[C@@H](c1ccc(N2N=C(c3ccccc3)CCC2=O)cc1)[C@@H](C)/C=C/CC(=O)N(CCO)Cc1ccccc1. The summed E-state index contributed by atoms with van der Waals surface area (Å²) >= 11 is 0. The van der Waals surface area contributed by atoms with Gasteiger partial charge in [-0.05, 0) is 28.8 Å². The summed E-state index contributed by atoms with van der Waals surface area (Å²) < 4.78 is 5.81. The molecule has 0 saturated carbocycles. The molecule has 0 aliphatic carbocycles. The molecule has 2 amide bonds. The Kier molecular flexibility index (Phi) is 10.4. The van der Waals surface area contributed by atoms with Crippen molar-refractivity contribution < 1.29 is 19.4 Å². The summed E-state index contributed by atoms with van der Waals surface area (Å²) in [5, 5.41) is 15.6. The molecule has 0 saturated heterocycles. The van der Waals surface area contributed by atoms with Crippen molar-refractivity contribution in [3.8, 4) is 0 Å². The van der Waals surface area contributed by atoms with Gasteiger partial charge in [-0.15, -0.1) is 0 Å². The summed E-state index contributed by atoms with van der Waals surface area (Å²) in [5.41, 5.74) is 4.63. The number of rotatable bonds is 12. The second-order valence-corrected chi connectivity index (χ2v) is 9.88. The van der Waals surface area contributed by atoms with Gasteiger partial charge in [0.15, 0.2) is 0 Å². The maximum absolute atomic E-state index is 12.8. The molecule has 1 aliphatic rings. The highest BCUT2D eigenvalue weighted by molar-refractivity contribution is 6.08. The van der Waals surface area contributed by atoms with E-state index in [1.165, 1.54) is 5.01 Å². The summed E-state index contributed by atoms with van der Waals surface area (Å²) in [6.07, 6.45) is 4.92. The van der Waals surface area contributed by atoms with Gasteiger partial charge in [-0.2, -0.15) is 5.10 Å². The number of ether oxygens (including phenoxy) is 1. The van der Waals surface area contributed by atoms with Gasteiger partial charge in [0, 0.05) is 45.4 Å². The maximum atomic E-state index is 12.8. The van der Waals surface area contributed by atoms with Crippen LogP contribution in [-0.2, 0) is 20.9 Å². The highest BCUT2D eigenvalue weighted by Gasteiger charge is 2.24. The molecule has 7 heteroatoms. The number of carbonyl (C=O) groups excluding carboxylic acids is 2. The number of benzene rings is 3. The molecule has 4 rings (SSSR count). The van der Waals surface area contributed by atoms with Crippen molar-refractivity contribution in [2.75, 3.05) is 25.3 Å². The van der Waals surface area contributed by atoms with E-state index >= 15 is 0 Å². The third-order valence-electron chi connectivity index (χ3n) is 7.01. The number of carbonyl (C=O) groups is 2. The van der Waals surface area contributed by atoms with E-state index in [9.17, 15) is 14.7 Å². The normalized spacial score (nSPS) is 15.1. The molecule has 2 atom stereocenters. The average molecular weight is 540 g/mol. The minimum atomic E-state index is -0.223. The zero-order chi connectivity index (χ0) is 28.3. The number of nitrogens with zero attached hydrogens (tertiary/aromatic N) is 3. The molecule has 1 aliphatic heterocycles. The number of hydrazone groups is 1. The Morgan fingerprint density at radius 3 is 2.35 bits per heavy atom. The predicted molar refractivity (Wildman–Crippen MR) is 158 cm³/mol. The van der Waals surface area contributed by atoms with Gasteiger partial charge >= 0.3 is 0 Å². The first-order valence-corrected chi connectivity index (χ1v) is 13.7. The van der Waals surface area contributed by atoms with Crippen LogP contribution in [0.2, 0.25) is 0 Å². The van der Waals surface area contributed by atoms with Crippen LogP contribution in [-0.4, -0.2) is 47.8 Å². The first-order valence-electron chi connectivity index (χ1n) is 13.7. The van der Waals surface area contributed by atoms with Gasteiger partial charge in [-0.25, -0.2) is 5.01 Å². The van der Waals surface area contributed by atoms with E-state index in [4.69, 9.17) is 4.74 Å². The summed E-state index contributed by atoms with van der Waals surface area (Å²) in [7, 11) is 1.67. The van der Waals surface area contributed by atoms with Gasteiger partial charge in [-0.3, -0.25) is 9.59 Å². The number of aliphatic hydroxyl groups excluding tert-OH is 1. The second kappa shape index (κ2) is 14.4. The molecule has 40 heavy (non-hydrogen) atoms. The Morgan fingerprint density at radius 2 is 1.70 bits per heavy atom. The fourth-order valence-electron chi connectivity index (χ4n) is 4.88. The summed E-state index contributed by atoms with van der Waals surface area (Å²) in [5.74, 6) is -0.0658. The molecule has 208 valence electrons. The van der Waals surface area contributed by atoms with Gasteiger partial charge in [0.1, 0.15) is 0 Å². The highest BCUT2D eigenvalue weighted by atomic mass is 16.5. The van der Waals surface area contributed by atoms with Crippen LogP contribution < -0.4 is 5.01 Å². The molecular formula is C33H37N3O4. The van der Waals surface area contributed by atoms with Crippen molar-refractivity contribution in [3.05, 3.63) is 114 Å². The van der Waals surface area contributed by atoms with Gasteiger partial charge < -0.3 is 14.7 Å². The van der Waals surface area contributed by atoms with Crippen molar-refractivity contribution >= 4 is 23.2 Å². The first-order chi connectivity index (χ1) is 19.5. The lowest BCUT2D eigenvalue weighted by Crippen LogP contribution is -2.32. The van der Waals surface area contributed by atoms with Crippen LogP contribution in [0.25, 0.3) is 0 Å². The fraction of sp³-hybridized carbons (Fsp3) is 0.303. The Labute approximate surface area is 236 Å². The lowest BCUT2D eigenvalue weighted by Gasteiger charge is -2.25. The Hall–Kier alpha value is -4.07. The smallest absolute Gasteiger partial charge is 0.247 e. The van der Waals surface area contributed by atoms with Crippen LogP contribution >= 0.6 is 0 Å². The number of amides is 2. The van der Waals surface area contributed by atoms with Crippen molar-refractivity contribution in [2.24, 2.45) is 11.0 Å². The molecule has 1 N–H and O–H groups in total. The zero-order valence-corrected chi connectivity index (χ0v) is 23.1. The summed E-state index contributed by atoms with van der Waals surface area (Å²) in [6.45, 7) is 2.72. The molecule has 7 nitrogen and oxygen atoms in total. The number of anilines is 1. The molecule has 0 radical (unpaired) electrons. The van der Waals surface area contributed by atoms with E-state index in [0.717, 1.165) is 22.4 Å². The first kappa shape index (κ1) is 28.9. The van der Waals surface area contributed by atoms with Crippen LogP contribution in [0.3, 0.4) is 0 Å². The lowest BCUT2D eigenvalue weighted by atomic mass is 9.96. The van der Waals surface area contributed by atoms with Crippen LogP contribution in [0.15, 0.2) is 102 Å². The molecule has 0 bridgehead atoms. The monoisotopic (exact) mass is 539 g/mol. The molecule has 3 aromatic carbocycles. The van der Waals surface area contributed by atoms with E-state index in [2.05, 4.69) is 5.10 Å². The van der Waals surface area contributed by atoms with E-state index < -0.39 is 0 Å². The van der Waals surface area contributed by atoms with E-state index in [-0.39, 0.29) is 36.9 Å². The third-order valence-corrected chi connectivity index (χ3v) is 7.01. The third kappa shape index (κ3) is 7.52. The van der Waals surface area contributed by atoms with E-state index in [1.54, 1.807) is 12.0 Å². The van der Waals surface area contributed by atoms with Crippen molar-refractivity contribution in [1.29, 1.82) is 0 Å². The van der Waals surface area contributed by atoms with Crippen LogP contribution in [0.5, 0.6) is 0 Å². The van der Waals surface area contributed by atoms with Crippen LogP contribution in [0.1, 0.15) is 49.0 Å². The standard InChI is InChI=1S/C33H37N3O4/c1-25(10-9-15-31(38)35(22-23-37)24-26-11-5-3-6-12-26)33(40-2)28-16-18-29(19-17-28)36-32(39)21-20-30(34-36)27-13-7-4-8-14-27/h3-14,16-19,25,33,37H,15,20-24H2,1-2H3/b10-9+/t25-,33+/m0/s1. The maximum Gasteiger partial charge on any atom is 0.247 e. The molecule has 3 aromatic rings. The second-order valence-electron chi connectivity index (χ2n) is 9.88. The average Bonchev–Trinajstić information content (AvgIpc) is 2.99. The summed E-state index contributed by atoms with van der Waals surface area (Å²) in [4.78, 5) is 27.2. The number of methoxy groups -OCH3 is 1. The zero-order valence-electron chi connectivity index (χ0n) is 23.1. The van der Waals surface area contributed by atoms with Crippen molar-refractivity contribution in [1.82, 2.24) is 4.90 Å². The Morgan fingerprint density at radius 1 is 1.02 bits per heavy atom. The van der Waals surface area contributed by atoms with E-state index in [0.29, 0.717) is 31.6 Å². The van der Waals surface area contributed by atoms with Crippen molar-refractivity contribution in [2.45, 2.75) is 38.8 Å². The molecule has 0 unspecified atom stereocenters. The minimum absolute atomic E-state index is 0.00314. The highest BCUT2D eigenvalue weighted by Crippen LogP contribution is 2.30. The van der Waals surface area contributed by atoms with Gasteiger partial charge in [0.25, 0.3) is 0 Å². The molecular weight excluding hydrogens is 502 g/mol. The van der Waals surface area contributed by atoms with Crippen LogP contribution in [0.4, 0.5) is 5.69 Å². The molecule has 1 heterocycles. The quantitative estimate of drug-likeness (QED) is 0.308. The predicted octanol–water partition coefficient (Wildman–Crippen LogP) is 5.51. The number of hydrogen-bond donors (Lipinski definition) is 1. The largest absolute Gasteiger partial charge is 0.395 e. The van der Waals surface area contributed by atoms with Crippen molar-refractivity contribution in [3.63, 3.8) is 0 Å². The molecule has 0 fully saturated rings. The molecule has 0 spiro atoms. The number of aliphatic hydroxyl groups is 1. The lowest BCUT2D eigenvalue weighted by molar-refractivity contribution is -0.131. The number of hydrogen-bond acceptors (Lipinski definition) is 5. The van der Waals surface area contributed by atoms with E-state index in [1.807, 2.05) is 104 Å². The Bertz CT molecular complexity index is 1310. The summed E-state index contributed by atoms with van der Waals surface area (Å²) in [6, 6.07) is 27.4.